The Morgan fingerprint density at radius 1 is 1.10 bits per heavy atom. The number of amides is 2. The lowest BCUT2D eigenvalue weighted by molar-refractivity contribution is -0.128. The van der Waals surface area contributed by atoms with Crippen LogP contribution in [-0.4, -0.2) is 60.9 Å². The number of thioether (sulfide) groups is 1. The summed E-state index contributed by atoms with van der Waals surface area (Å²) < 4.78 is 33.3. The van der Waals surface area contributed by atoms with E-state index < -0.39 is 23.6 Å². The molecule has 1 aromatic heterocycles. The highest BCUT2D eigenvalue weighted by atomic mass is 32.2. The van der Waals surface area contributed by atoms with E-state index in [2.05, 4.69) is 20.8 Å². The number of benzene rings is 3. The monoisotopic (exact) mass is 577 g/mol. The molecule has 11 heteroatoms. The lowest BCUT2D eigenvalue weighted by Crippen LogP contribution is -2.33. The summed E-state index contributed by atoms with van der Waals surface area (Å²) in [5, 5.41) is 7.77. The second kappa shape index (κ2) is 13.7. The first kappa shape index (κ1) is 29.5. The van der Waals surface area contributed by atoms with Gasteiger partial charge in [-0.25, -0.2) is 14.2 Å². The fraction of sp³-hybridized carbons (Fsp3) is 0.200. The van der Waals surface area contributed by atoms with Gasteiger partial charge in [-0.3, -0.25) is 14.6 Å². The number of fused-ring (bicyclic) bond motifs is 1. The maximum absolute atomic E-state index is 14.3. The van der Waals surface area contributed by atoms with Crippen molar-refractivity contribution < 1.29 is 23.1 Å². The standard InChI is InChI=1S/C30H29F2N5O3S/c1-37(2)28(38)14-21(18-41-23-7-5-4-6-8-23)35-29-24-12-10-20(31)13-27(24)33-17-25(29)30(39)36-34-16-19-9-11-22(40-3)15-26(19)32/h4-13,15-17,21H,14,18H2,1-3H3,(H,33,35)(H,36,39)/b34-16+. The van der Waals surface area contributed by atoms with E-state index in [1.165, 1.54) is 54.8 Å². The Morgan fingerprint density at radius 2 is 1.88 bits per heavy atom. The van der Waals surface area contributed by atoms with E-state index in [0.29, 0.717) is 28.1 Å². The molecular formula is C30H29F2N5O3S. The summed E-state index contributed by atoms with van der Waals surface area (Å²) in [7, 11) is 4.79. The molecule has 3 aromatic carbocycles. The largest absolute Gasteiger partial charge is 0.497 e. The summed E-state index contributed by atoms with van der Waals surface area (Å²) >= 11 is 1.56. The molecule has 2 amide bonds. The zero-order valence-corrected chi connectivity index (χ0v) is 23.5. The Kier molecular flexibility index (Phi) is 9.86. The Labute approximate surface area is 240 Å². The van der Waals surface area contributed by atoms with Crippen LogP contribution in [-0.2, 0) is 4.79 Å². The number of carbonyl (C=O) groups excluding carboxylic acids is 2. The van der Waals surface area contributed by atoms with Gasteiger partial charge in [0.2, 0.25) is 5.91 Å². The van der Waals surface area contributed by atoms with Crippen LogP contribution in [0.25, 0.3) is 10.9 Å². The van der Waals surface area contributed by atoms with E-state index in [4.69, 9.17) is 4.74 Å². The number of carbonyl (C=O) groups is 2. The lowest BCUT2D eigenvalue weighted by atomic mass is 10.1. The number of nitrogens with zero attached hydrogens (tertiary/aromatic N) is 3. The van der Waals surface area contributed by atoms with E-state index in [0.717, 1.165) is 4.90 Å². The minimum absolute atomic E-state index is 0.0994. The molecule has 0 aliphatic carbocycles. The molecule has 0 spiro atoms. The second-order valence-corrected chi connectivity index (χ2v) is 10.3. The van der Waals surface area contributed by atoms with Crippen LogP contribution in [0.15, 0.2) is 82.9 Å². The van der Waals surface area contributed by atoms with Crippen molar-refractivity contribution in [1.29, 1.82) is 0 Å². The van der Waals surface area contributed by atoms with Gasteiger partial charge in [0.05, 0.1) is 30.1 Å². The molecule has 2 N–H and O–H groups in total. The summed E-state index contributed by atoms with van der Waals surface area (Å²) in [6.07, 6.45) is 2.64. The molecule has 0 fully saturated rings. The Bertz CT molecular complexity index is 1570. The van der Waals surface area contributed by atoms with Crippen LogP contribution in [0, 0.1) is 11.6 Å². The Hall–Kier alpha value is -4.51. The van der Waals surface area contributed by atoms with Crippen molar-refractivity contribution in [3.63, 3.8) is 0 Å². The molecule has 212 valence electrons. The van der Waals surface area contributed by atoms with Crippen molar-refractivity contribution in [3.05, 3.63) is 95.7 Å². The third-order valence-electron chi connectivity index (χ3n) is 6.12. The van der Waals surface area contributed by atoms with Crippen molar-refractivity contribution in [2.75, 3.05) is 32.3 Å². The van der Waals surface area contributed by atoms with Crippen molar-refractivity contribution in [1.82, 2.24) is 15.3 Å². The number of hydrogen-bond acceptors (Lipinski definition) is 7. The first-order valence-corrected chi connectivity index (χ1v) is 13.6. The van der Waals surface area contributed by atoms with Crippen LogP contribution in [0.1, 0.15) is 22.3 Å². The predicted molar refractivity (Wildman–Crippen MR) is 158 cm³/mol. The highest BCUT2D eigenvalue weighted by Gasteiger charge is 2.22. The number of methoxy groups -OCH3 is 1. The molecule has 1 unspecified atom stereocenters. The van der Waals surface area contributed by atoms with Crippen LogP contribution in [0.5, 0.6) is 5.75 Å². The van der Waals surface area contributed by atoms with Crippen molar-refractivity contribution in [3.8, 4) is 5.75 Å². The summed E-state index contributed by atoms with van der Waals surface area (Å²) in [5.41, 5.74) is 3.40. The minimum Gasteiger partial charge on any atom is -0.497 e. The van der Waals surface area contributed by atoms with E-state index in [9.17, 15) is 18.4 Å². The Morgan fingerprint density at radius 3 is 2.59 bits per heavy atom. The van der Waals surface area contributed by atoms with Crippen LogP contribution in [0.4, 0.5) is 14.5 Å². The number of nitrogens with one attached hydrogen (secondary N) is 2. The van der Waals surface area contributed by atoms with E-state index in [1.807, 2.05) is 30.3 Å². The third-order valence-corrected chi connectivity index (χ3v) is 7.29. The Balaban J connectivity index is 1.64. The number of pyridine rings is 1. The maximum atomic E-state index is 14.3. The first-order valence-electron chi connectivity index (χ1n) is 12.6. The molecule has 0 bridgehead atoms. The van der Waals surface area contributed by atoms with Crippen LogP contribution in [0.3, 0.4) is 0 Å². The normalized spacial score (nSPS) is 11.8. The van der Waals surface area contributed by atoms with Gasteiger partial charge in [-0.1, -0.05) is 18.2 Å². The summed E-state index contributed by atoms with van der Waals surface area (Å²) in [5.74, 6) is -0.903. The quantitative estimate of drug-likeness (QED) is 0.142. The second-order valence-electron chi connectivity index (χ2n) is 9.25. The smallest absolute Gasteiger partial charge is 0.275 e. The maximum Gasteiger partial charge on any atom is 0.275 e. The van der Waals surface area contributed by atoms with Gasteiger partial charge in [0, 0.05) is 66.5 Å². The zero-order chi connectivity index (χ0) is 29.4. The first-order chi connectivity index (χ1) is 19.7. The number of hydrogen-bond donors (Lipinski definition) is 2. The topological polar surface area (TPSA) is 95.9 Å². The average molecular weight is 578 g/mol. The van der Waals surface area contributed by atoms with Gasteiger partial charge in [-0.05, 0) is 36.4 Å². The van der Waals surface area contributed by atoms with E-state index in [1.54, 1.807) is 31.9 Å². The van der Waals surface area contributed by atoms with Gasteiger partial charge in [-0.2, -0.15) is 5.10 Å². The number of rotatable bonds is 11. The van der Waals surface area contributed by atoms with Crippen molar-refractivity contribution in [2.24, 2.45) is 5.10 Å². The third kappa shape index (κ3) is 7.79. The molecule has 0 radical (unpaired) electrons. The van der Waals surface area contributed by atoms with Gasteiger partial charge >= 0.3 is 0 Å². The number of aromatic nitrogens is 1. The van der Waals surface area contributed by atoms with Crippen LogP contribution < -0.4 is 15.5 Å². The number of halogens is 2. The molecule has 0 aliphatic heterocycles. The van der Waals surface area contributed by atoms with E-state index in [-0.39, 0.29) is 23.5 Å². The summed E-state index contributed by atoms with van der Waals surface area (Å²) in [4.78, 5) is 32.8. The molecule has 1 heterocycles. The molecule has 41 heavy (non-hydrogen) atoms. The predicted octanol–water partition coefficient (Wildman–Crippen LogP) is 5.34. The highest BCUT2D eigenvalue weighted by Crippen LogP contribution is 2.29. The van der Waals surface area contributed by atoms with Gasteiger partial charge in [0.25, 0.3) is 5.91 Å². The van der Waals surface area contributed by atoms with Gasteiger partial charge in [0.15, 0.2) is 0 Å². The van der Waals surface area contributed by atoms with E-state index >= 15 is 0 Å². The minimum atomic E-state index is -0.621. The van der Waals surface area contributed by atoms with Gasteiger partial charge in [0.1, 0.15) is 17.4 Å². The van der Waals surface area contributed by atoms with Crippen LogP contribution >= 0.6 is 11.8 Å². The number of anilines is 1. The zero-order valence-electron chi connectivity index (χ0n) is 22.7. The molecule has 0 aliphatic rings. The fourth-order valence-electron chi connectivity index (χ4n) is 3.92. The highest BCUT2D eigenvalue weighted by molar-refractivity contribution is 7.99. The molecule has 8 nitrogen and oxygen atoms in total. The van der Waals surface area contributed by atoms with Crippen LogP contribution in [0.2, 0.25) is 0 Å². The molecule has 4 rings (SSSR count). The number of hydrazone groups is 1. The lowest BCUT2D eigenvalue weighted by Gasteiger charge is -2.23. The van der Waals surface area contributed by atoms with Crippen molar-refractivity contribution >= 4 is 46.4 Å². The van der Waals surface area contributed by atoms with Gasteiger partial charge in [-0.15, -0.1) is 11.8 Å². The molecular weight excluding hydrogens is 548 g/mol. The molecule has 4 aromatic rings. The molecule has 0 saturated heterocycles. The molecule has 0 saturated carbocycles. The number of ether oxygens (including phenoxy) is 1. The SMILES string of the molecule is COc1ccc(/C=N/NC(=O)c2cnc3cc(F)ccc3c2NC(CSc2ccccc2)CC(=O)N(C)C)c(F)c1. The van der Waals surface area contributed by atoms with Gasteiger partial charge < -0.3 is 15.0 Å². The summed E-state index contributed by atoms with van der Waals surface area (Å²) in [6.45, 7) is 0. The van der Waals surface area contributed by atoms with Crippen molar-refractivity contribution in [2.45, 2.75) is 17.4 Å². The fourth-order valence-corrected chi connectivity index (χ4v) is 4.86. The molecule has 1 atom stereocenters. The average Bonchev–Trinajstić information content (AvgIpc) is 2.96. The summed E-state index contributed by atoms with van der Waals surface area (Å²) in [6, 6.07) is 17.7.